The third-order valence-corrected chi connectivity index (χ3v) is 6.16. The Balaban J connectivity index is 0.00000392. The summed E-state index contributed by atoms with van der Waals surface area (Å²) < 4.78 is 0. The van der Waals surface area contributed by atoms with E-state index in [1.807, 2.05) is 0 Å². The zero-order valence-electron chi connectivity index (χ0n) is 18.8. The van der Waals surface area contributed by atoms with Gasteiger partial charge in [-0.15, -0.1) is 24.0 Å². The molecule has 2 rings (SSSR count). The van der Waals surface area contributed by atoms with Crippen molar-refractivity contribution >= 4 is 29.9 Å². The molecule has 2 N–H and O–H groups in total. The zero-order valence-corrected chi connectivity index (χ0v) is 21.1. The van der Waals surface area contributed by atoms with Crippen LogP contribution >= 0.6 is 24.0 Å². The van der Waals surface area contributed by atoms with Gasteiger partial charge in [-0.25, -0.2) is 0 Å². The zero-order chi connectivity index (χ0) is 19.5. The predicted octanol–water partition coefficient (Wildman–Crippen LogP) is 2.31. The van der Waals surface area contributed by atoms with E-state index in [1.54, 1.807) is 0 Å². The van der Waals surface area contributed by atoms with E-state index < -0.39 is 0 Å². The first-order valence-electron chi connectivity index (χ1n) is 11.3. The van der Waals surface area contributed by atoms with Crippen LogP contribution in [0.2, 0.25) is 0 Å². The predicted molar refractivity (Wildman–Crippen MR) is 132 cm³/mol. The largest absolute Gasteiger partial charge is 0.357 e. The van der Waals surface area contributed by atoms with Crippen LogP contribution < -0.4 is 10.6 Å². The van der Waals surface area contributed by atoms with Gasteiger partial charge in [-0.1, -0.05) is 13.8 Å². The second-order valence-corrected chi connectivity index (χ2v) is 8.34. The highest BCUT2D eigenvalue weighted by molar-refractivity contribution is 14.0. The average molecular weight is 509 g/mol. The highest BCUT2D eigenvalue weighted by atomic mass is 127. The van der Waals surface area contributed by atoms with Crippen molar-refractivity contribution < 1.29 is 0 Å². The van der Waals surface area contributed by atoms with Gasteiger partial charge in [0.05, 0.1) is 6.54 Å². The monoisotopic (exact) mass is 508 g/mol. The molecule has 2 heterocycles. The van der Waals surface area contributed by atoms with Gasteiger partial charge < -0.3 is 20.4 Å². The van der Waals surface area contributed by atoms with Crippen LogP contribution in [0.5, 0.6) is 0 Å². The smallest absolute Gasteiger partial charge is 0.191 e. The van der Waals surface area contributed by atoms with E-state index in [-0.39, 0.29) is 24.0 Å². The van der Waals surface area contributed by atoms with Crippen molar-refractivity contribution in [1.29, 1.82) is 0 Å². The molecular formula is C21H45IN6. The van der Waals surface area contributed by atoms with Gasteiger partial charge in [-0.3, -0.25) is 9.89 Å². The average Bonchev–Trinajstić information content (AvgIpc) is 2.70. The maximum Gasteiger partial charge on any atom is 0.191 e. The first-order chi connectivity index (χ1) is 13.1. The lowest BCUT2D eigenvalue weighted by Crippen LogP contribution is -2.50. The third-order valence-electron chi connectivity index (χ3n) is 6.16. The molecule has 0 spiro atoms. The van der Waals surface area contributed by atoms with E-state index >= 15 is 0 Å². The lowest BCUT2D eigenvalue weighted by atomic mass is 9.99. The van der Waals surface area contributed by atoms with Gasteiger partial charge in [0.15, 0.2) is 5.96 Å². The number of guanidine groups is 1. The summed E-state index contributed by atoms with van der Waals surface area (Å²) >= 11 is 0. The van der Waals surface area contributed by atoms with Crippen LogP contribution in [0.1, 0.15) is 47.0 Å². The Bertz CT molecular complexity index is 417. The Hall–Kier alpha value is -0.120. The molecule has 1 unspecified atom stereocenters. The molecule has 0 aliphatic carbocycles. The first kappa shape index (κ1) is 25.9. The Labute approximate surface area is 190 Å². The number of piperidine rings is 1. The number of nitrogens with one attached hydrogen (secondary N) is 2. The molecular weight excluding hydrogens is 463 g/mol. The Morgan fingerprint density at radius 2 is 1.68 bits per heavy atom. The van der Waals surface area contributed by atoms with Gasteiger partial charge in [0.2, 0.25) is 0 Å². The van der Waals surface area contributed by atoms with Crippen molar-refractivity contribution in [2.24, 2.45) is 10.9 Å². The fourth-order valence-corrected chi connectivity index (χ4v) is 4.00. The molecule has 2 fully saturated rings. The van der Waals surface area contributed by atoms with Crippen LogP contribution in [0.25, 0.3) is 0 Å². The highest BCUT2D eigenvalue weighted by Crippen LogP contribution is 2.15. The molecule has 0 radical (unpaired) electrons. The molecule has 0 aromatic carbocycles. The van der Waals surface area contributed by atoms with E-state index in [0.29, 0.717) is 6.04 Å². The van der Waals surface area contributed by atoms with Gasteiger partial charge in [0.25, 0.3) is 0 Å². The first-order valence-corrected chi connectivity index (χ1v) is 11.3. The minimum atomic E-state index is 0. The molecule has 0 aromatic rings. The SMILES string of the molecule is CCNC(=NCC(C)N1CCN(CC)CC1)NCCCN1CCC(C)CC1.I. The van der Waals surface area contributed by atoms with E-state index in [2.05, 4.69) is 53.0 Å². The normalized spacial score (nSPS) is 21.9. The maximum absolute atomic E-state index is 4.85. The number of hydrogen-bond acceptors (Lipinski definition) is 4. The van der Waals surface area contributed by atoms with E-state index in [9.17, 15) is 0 Å². The topological polar surface area (TPSA) is 46.1 Å². The summed E-state index contributed by atoms with van der Waals surface area (Å²) in [5.74, 6) is 1.89. The van der Waals surface area contributed by atoms with Crippen LogP contribution in [0.15, 0.2) is 4.99 Å². The summed E-state index contributed by atoms with van der Waals surface area (Å²) in [6.45, 7) is 21.5. The molecule has 6 nitrogen and oxygen atoms in total. The number of halogens is 1. The van der Waals surface area contributed by atoms with Crippen molar-refractivity contribution in [3.63, 3.8) is 0 Å². The molecule has 0 bridgehead atoms. The van der Waals surface area contributed by atoms with Crippen LogP contribution in [0, 0.1) is 5.92 Å². The van der Waals surface area contributed by atoms with Gasteiger partial charge in [0, 0.05) is 45.3 Å². The number of hydrogen-bond donors (Lipinski definition) is 2. The van der Waals surface area contributed by atoms with Crippen LogP contribution in [0.3, 0.4) is 0 Å². The summed E-state index contributed by atoms with van der Waals surface area (Å²) in [6.07, 6.45) is 3.91. The minimum Gasteiger partial charge on any atom is -0.357 e. The Morgan fingerprint density at radius 1 is 1.00 bits per heavy atom. The minimum absolute atomic E-state index is 0. The summed E-state index contributed by atoms with van der Waals surface area (Å²) in [4.78, 5) is 12.6. The molecule has 0 aromatic heterocycles. The second kappa shape index (κ2) is 14.8. The summed E-state index contributed by atoms with van der Waals surface area (Å²) in [5, 5.41) is 6.93. The van der Waals surface area contributed by atoms with E-state index in [1.165, 1.54) is 71.6 Å². The quantitative estimate of drug-likeness (QED) is 0.217. The number of nitrogens with zero attached hydrogens (tertiary/aromatic N) is 4. The maximum atomic E-state index is 4.85. The summed E-state index contributed by atoms with van der Waals surface area (Å²) in [7, 11) is 0. The fourth-order valence-electron chi connectivity index (χ4n) is 4.00. The molecule has 7 heteroatoms. The van der Waals surface area contributed by atoms with Crippen molar-refractivity contribution in [3.05, 3.63) is 0 Å². The van der Waals surface area contributed by atoms with E-state index in [4.69, 9.17) is 4.99 Å². The fraction of sp³-hybridized carbons (Fsp3) is 0.952. The van der Waals surface area contributed by atoms with Gasteiger partial charge >= 0.3 is 0 Å². The summed E-state index contributed by atoms with van der Waals surface area (Å²) in [6, 6.07) is 0.509. The van der Waals surface area contributed by atoms with Crippen molar-refractivity contribution in [1.82, 2.24) is 25.3 Å². The molecule has 0 saturated carbocycles. The van der Waals surface area contributed by atoms with Gasteiger partial charge in [0.1, 0.15) is 0 Å². The van der Waals surface area contributed by atoms with Gasteiger partial charge in [-0.05, 0) is 65.2 Å². The molecule has 28 heavy (non-hydrogen) atoms. The summed E-state index contributed by atoms with van der Waals surface area (Å²) in [5.41, 5.74) is 0. The molecule has 2 aliphatic rings. The lowest BCUT2D eigenvalue weighted by Gasteiger charge is -2.37. The third kappa shape index (κ3) is 9.59. The van der Waals surface area contributed by atoms with Crippen LogP contribution in [0.4, 0.5) is 0 Å². The van der Waals surface area contributed by atoms with Gasteiger partial charge in [-0.2, -0.15) is 0 Å². The number of aliphatic imine (C=N–C) groups is 1. The van der Waals surface area contributed by atoms with Crippen molar-refractivity contribution in [3.8, 4) is 0 Å². The number of piperazine rings is 1. The molecule has 2 aliphatic heterocycles. The molecule has 1 atom stereocenters. The molecule has 166 valence electrons. The van der Waals surface area contributed by atoms with E-state index in [0.717, 1.165) is 31.5 Å². The Kier molecular flexibility index (Phi) is 13.7. The highest BCUT2D eigenvalue weighted by Gasteiger charge is 2.20. The lowest BCUT2D eigenvalue weighted by molar-refractivity contribution is 0.109. The van der Waals surface area contributed by atoms with Crippen molar-refractivity contribution in [2.45, 2.75) is 53.0 Å². The number of likely N-dealkylation sites (tertiary alicyclic amines) is 1. The standard InChI is InChI=1S/C21H44N6.HI/c1-5-22-21(23-10-7-11-26-12-8-19(3)9-13-26)24-18-20(4)27-16-14-25(6-2)15-17-27;/h19-20H,5-18H2,1-4H3,(H2,22,23,24);1H. The number of rotatable bonds is 9. The van der Waals surface area contributed by atoms with Crippen LogP contribution in [-0.2, 0) is 0 Å². The van der Waals surface area contributed by atoms with Crippen molar-refractivity contribution in [2.75, 3.05) is 72.0 Å². The molecule has 0 amide bonds. The molecule has 2 saturated heterocycles. The number of likely N-dealkylation sites (N-methyl/N-ethyl adjacent to an activating group) is 1. The van der Waals surface area contributed by atoms with Crippen LogP contribution in [-0.4, -0.2) is 98.7 Å². The Morgan fingerprint density at radius 3 is 2.29 bits per heavy atom. The second-order valence-electron chi connectivity index (χ2n) is 8.34.